The summed E-state index contributed by atoms with van der Waals surface area (Å²) in [7, 11) is 0. The van der Waals surface area contributed by atoms with Gasteiger partial charge in [-0.1, -0.05) is 37.3 Å². The van der Waals surface area contributed by atoms with E-state index in [-0.39, 0.29) is 18.1 Å². The van der Waals surface area contributed by atoms with Crippen molar-refractivity contribution in [2.75, 3.05) is 6.61 Å². The maximum Gasteiger partial charge on any atom is 0.313 e. The van der Waals surface area contributed by atoms with Crippen LogP contribution in [0.15, 0.2) is 30.3 Å². The Hall–Kier alpha value is -1.64. The summed E-state index contributed by atoms with van der Waals surface area (Å²) in [6.45, 7) is 3.99. The molecule has 0 spiro atoms. The van der Waals surface area contributed by atoms with Gasteiger partial charge in [-0.3, -0.25) is 9.59 Å². The molecule has 0 amide bonds. The smallest absolute Gasteiger partial charge is 0.313 e. The first kappa shape index (κ1) is 13.4. The van der Waals surface area contributed by atoms with Crippen molar-refractivity contribution in [1.82, 2.24) is 0 Å². The van der Waals surface area contributed by atoms with Gasteiger partial charge in [0.05, 0.1) is 6.61 Å². The fourth-order valence-electron chi connectivity index (χ4n) is 1.81. The molecule has 0 saturated carbocycles. The Labute approximate surface area is 102 Å². The lowest BCUT2D eigenvalue weighted by atomic mass is 9.91. The monoisotopic (exact) mass is 234 g/mol. The molecule has 1 rings (SSSR count). The number of esters is 1. The van der Waals surface area contributed by atoms with Gasteiger partial charge < -0.3 is 4.74 Å². The molecule has 0 aliphatic heterocycles. The second kappa shape index (κ2) is 6.84. The van der Waals surface area contributed by atoms with Crippen LogP contribution in [-0.4, -0.2) is 18.4 Å². The number of ketones is 1. The van der Waals surface area contributed by atoms with Crippen molar-refractivity contribution in [3.63, 3.8) is 0 Å². The van der Waals surface area contributed by atoms with Gasteiger partial charge in [0.15, 0.2) is 5.78 Å². The molecule has 1 unspecified atom stereocenters. The lowest BCUT2D eigenvalue weighted by molar-refractivity contribution is -0.145. The van der Waals surface area contributed by atoms with E-state index in [1.807, 2.05) is 37.3 Å². The second-order valence-corrected chi connectivity index (χ2v) is 3.82. The zero-order valence-electron chi connectivity index (χ0n) is 10.3. The number of carbonyl (C=O) groups excluding carboxylic acids is 2. The summed E-state index contributed by atoms with van der Waals surface area (Å²) in [6.07, 6.45) is 0.559. The Kier molecular flexibility index (Phi) is 5.40. The molecular formula is C14H18O3. The molecule has 0 aliphatic rings. The minimum absolute atomic E-state index is 0.0721. The fraction of sp³-hybridized carbons (Fsp3) is 0.429. The highest BCUT2D eigenvalue weighted by Gasteiger charge is 2.21. The summed E-state index contributed by atoms with van der Waals surface area (Å²) in [5.74, 6) is -0.718. The Morgan fingerprint density at radius 2 is 1.82 bits per heavy atom. The lowest BCUT2D eigenvalue weighted by Gasteiger charge is -2.13. The molecule has 1 atom stereocenters. The third-order valence-electron chi connectivity index (χ3n) is 2.62. The number of rotatable bonds is 6. The number of Topliss-reactive ketones (excluding diaryl/α,β-unsaturated/α-hetero) is 1. The summed E-state index contributed by atoms with van der Waals surface area (Å²) >= 11 is 0. The third-order valence-corrected chi connectivity index (χ3v) is 2.62. The standard InChI is InChI=1S/C14H18O3/c1-3-12(11-8-6-5-7-9-11)13(15)10-14(16)17-4-2/h5-9,12H,3-4,10H2,1-2H3. The van der Waals surface area contributed by atoms with Crippen molar-refractivity contribution in [2.24, 2.45) is 0 Å². The molecule has 0 heterocycles. The predicted molar refractivity (Wildman–Crippen MR) is 65.7 cm³/mol. The maximum atomic E-state index is 12.0. The molecule has 3 heteroatoms. The molecule has 0 aromatic heterocycles. The van der Waals surface area contributed by atoms with E-state index in [2.05, 4.69) is 0 Å². The molecule has 0 N–H and O–H groups in total. The van der Waals surface area contributed by atoms with E-state index in [4.69, 9.17) is 4.74 Å². The SMILES string of the molecule is CCOC(=O)CC(=O)C(CC)c1ccccc1. The molecule has 0 aliphatic carbocycles. The largest absolute Gasteiger partial charge is 0.466 e. The van der Waals surface area contributed by atoms with Gasteiger partial charge in [-0.25, -0.2) is 0 Å². The Morgan fingerprint density at radius 1 is 1.18 bits per heavy atom. The fourth-order valence-corrected chi connectivity index (χ4v) is 1.81. The van der Waals surface area contributed by atoms with E-state index in [1.54, 1.807) is 6.92 Å². The highest BCUT2D eigenvalue weighted by molar-refractivity contribution is 5.99. The molecule has 0 bridgehead atoms. The van der Waals surface area contributed by atoms with Crippen molar-refractivity contribution in [3.8, 4) is 0 Å². The van der Waals surface area contributed by atoms with Crippen LogP contribution in [0.5, 0.6) is 0 Å². The molecule has 1 aromatic rings. The zero-order chi connectivity index (χ0) is 12.7. The van der Waals surface area contributed by atoms with Crippen molar-refractivity contribution in [2.45, 2.75) is 32.6 Å². The summed E-state index contributed by atoms with van der Waals surface area (Å²) in [5, 5.41) is 0. The van der Waals surface area contributed by atoms with E-state index in [1.165, 1.54) is 0 Å². The highest BCUT2D eigenvalue weighted by atomic mass is 16.5. The van der Waals surface area contributed by atoms with Crippen LogP contribution in [-0.2, 0) is 14.3 Å². The van der Waals surface area contributed by atoms with Crippen molar-refractivity contribution < 1.29 is 14.3 Å². The van der Waals surface area contributed by atoms with Gasteiger partial charge in [-0.2, -0.15) is 0 Å². The number of benzene rings is 1. The van der Waals surface area contributed by atoms with Crippen LogP contribution in [0.25, 0.3) is 0 Å². The minimum Gasteiger partial charge on any atom is -0.466 e. The average Bonchev–Trinajstić information content (AvgIpc) is 2.31. The number of hydrogen-bond donors (Lipinski definition) is 0. The Morgan fingerprint density at radius 3 is 2.35 bits per heavy atom. The molecule has 0 fully saturated rings. The van der Waals surface area contributed by atoms with Gasteiger partial charge >= 0.3 is 5.97 Å². The van der Waals surface area contributed by atoms with E-state index in [0.29, 0.717) is 13.0 Å². The quantitative estimate of drug-likeness (QED) is 0.561. The first-order valence-corrected chi connectivity index (χ1v) is 5.92. The van der Waals surface area contributed by atoms with Crippen LogP contribution in [0.3, 0.4) is 0 Å². The predicted octanol–water partition coefficient (Wildman–Crippen LogP) is 2.70. The lowest BCUT2D eigenvalue weighted by Crippen LogP contribution is -2.17. The molecule has 0 radical (unpaired) electrons. The van der Waals surface area contributed by atoms with Gasteiger partial charge in [-0.05, 0) is 18.9 Å². The number of ether oxygens (including phenoxy) is 1. The normalized spacial score (nSPS) is 11.9. The Balaban J connectivity index is 2.68. The number of carbonyl (C=O) groups is 2. The molecule has 1 aromatic carbocycles. The minimum atomic E-state index is -0.438. The molecule has 92 valence electrons. The molecular weight excluding hydrogens is 216 g/mol. The van der Waals surface area contributed by atoms with E-state index < -0.39 is 5.97 Å². The van der Waals surface area contributed by atoms with Crippen LogP contribution in [0.1, 0.15) is 38.2 Å². The first-order valence-electron chi connectivity index (χ1n) is 5.92. The van der Waals surface area contributed by atoms with Crippen molar-refractivity contribution in [1.29, 1.82) is 0 Å². The second-order valence-electron chi connectivity index (χ2n) is 3.82. The number of hydrogen-bond acceptors (Lipinski definition) is 3. The summed E-state index contributed by atoms with van der Waals surface area (Å²) < 4.78 is 4.78. The van der Waals surface area contributed by atoms with Crippen LogP contribution in [0.4, 0.5) is 0 Å². The van der Waals surface area contributed by atoms with Crippen LogP contribution in [0, 0.1) is 0 Å². The van der Waals surface area contributed by atoms with Gasteiger partial charge in [0.2, 0.25) is 0 Å². The summed E-state index contributed by atoms with van der Waals surface area (Å²) in [5.41, 5.74) is 0.962. The van der Waals surface area contributed by atoms with Gasteiger partial charge in [0.25, 0.3) is 0 Å². The van der Waals surface area contributed by atoms with Gasteiger partial charge in [-0.15, -0.1) is 0 Å². The molecule has 3 nitrogen and oxygen atoms in total. The molecule has 17 heavy (non-hydrogen) atoms. The van der Waals surface area contributed by atoms with Crippen LogP contribution in [0.2, 0.25) is 0 Å². The van der Waals surface area contributed by atoms with Crippen LogP contribution >= 0.6 is 0 Å². The molecule has 0 saturated heterocycles. The van der Waals surface area contributed by atoms with E-state index in [9.17, 15) is 9.59 Å². The van der Waals surface area contributed by atoms with Crippen molar-refractivity contribution >= 4 is 11.8 Å². The van der Waals surface area contributed by atoms with E-state index in [0.717, 1.165) is 5.56 Å². The van der Waals surface area contributed by atoms with Crippen molar-refractivity contribution in [3.05, 3.63) is 35.9 Å². The summed E-state index contributed by atoms with van der Waals surface area (Å²) in [6, 6.07) is 9.53. The third kappa shape index (κ3) is 4.02. The first-order chi connectivity index (χ1) is 8.19. The highest BCUT2D eigenvalue weighted by Crippen LogP contribution is 2.21. The average molecular weight is 234 g/mol. The van der Waals surface area contributed by atoms with E-state index >= 15 is 0 Å². The van der Waals surface area contributed by atoms with Crippen LogP contribution < -0.4 is 0 Å². The zero-order valence-corrected chi connectivity index (χ0v) is 10.3. The Bertz CT molecular complexity index is 370. The van der Waals surface area contributed by atoms with Gasteiger partial charge in [0.1, 0.15) is 6.42 Å². The maximum absolute atomic E-state index is 12.0. The van der Waals surface area contributed by atoms with Gasteiger partial charge in [0, 0.05) is 5.92 Å². The topological polar surface area (TPSA) is 43.4 Å². The summed E-state index contributed by atoms with van der Waals surface area (Å²) in [4.78, 5) is 23.2.